The van der Waals surface area contributed by atoms with Gasteiger partial charge in [0.05, 0.1) is 11.7 Å². The summed E-state index contributed by atoms with van der Waals surface area (Å²) in [5.41, 5.74) is 1.94. The Labute approximate surface area is 317 Å². The van der Waals surface area contributed by atoms with Gasteiger partial charge in [0.1, 0.15) is 24.1 Å². The average Bonchev–Trinajstić information content (AvgIpc) is 3.11. The lowest BCUT2D eigenvalue weighted by Crippen LogP contribution is -2.52. The van der Waals surface area contributed by atoms with Crippen molar-refractivity contribution >= 4 is 35.1 Å². The molecule has 53 heavy (non-hydrogen) atoms. The van der Waals surface area contributed by atoms with E-state index in [0.29, 0.717) is 34.2 Å². The van der Waals surface area contributed by atoms with Gasteiger partial charge < -0.3 is 18.9 Å². The van der Waals surface area contributed by atoms with Gasteiger partial charge in [0.2, 0.25) is 0 Å². The highest BCUT2D eigenvalue weighted by Gasteiger charge is 2.38. The van der Waals surface area contributed by atoms with E-state index in [2.05, 4.69) is 21.5 Å². The third kappa shape index (κ3) is 10.8. The first-order valence-electron chi connectivity index (χ1n) is 17.4. The highest BCUT2D eigenvalue weighted by molar-refractivity contribution is 6.35. The molecule has 284 valence electrons. The molecule has 3 aromatic rings. The number of carbonyl (C=O) groups is 2. The third-order valence-electron chi connectivity index (χ3n) is 9.32. The first kappa shape index (κ1) is 40.2. The van der Waals surface area contributed by atoms with Crippen molar-refractivity contribution in [1.29, 1.82) is 0 Å². The quantitative estimate of drug-likeness (QED) is 0.114. The van der Waals surface area contributed by atoms with Crippen molar-refractivity contribution in [1.82, 2.24) is 10.2 Å². The fourth-order valence-corrected chi connectivity index (χ4v) is 7.04. The second kappa shape index (κ2) is 18.3. The van der Waals surface area contributed by atoms with Crippen LogP contribution in [0.5, 0.6) is 11.5 Å². The summed E-state index contributed by atoms with van der Waals surface area (Å²) in [7, 11) is 0. The minimum Gasteiger partial charge on any atom is -0.487 e. The molecule has 3 atom stereocenters. The molecule has 0 amide bonds. The summed E-state index contributed by atoms with van der Waals surface area (Å²) in [5, 5.41) is 3.64. The largest absolute Gasteiger partial charge is 0.487 e. The van der Waals surface area contributed by atoms with E-state index in [0.717, 1.165) is 25.9 Å². The number of hydrogen-bond donors (Lipinski definition) is 1. The number of esters is 2. The number of benzene rings is 3. The van der Waals surface area contributed by atoms with E-state index < -0.39 is 36.5 Å². The van der Waals surface area contributed by atoms with Gasteiger partial charge in [0.25, 0.3) is 0 Å². The van der Waals surface area contributed by atoms with Gasteiger partial charge in [-0.2, -0.15) is 8.78 Å². The van der Waals surface area contributed by atoms with Crippen LogP contribution in [0.3, 0.4) is 0 Å². The number of piperidine rings is 3. The molecule has 13 heteroatoms. The van der Waals surface area contributed by atoms with Crippen LogP contribution in [-0.4, -0.2) is 55.3 Å². The molecule has 0 spiro atoms. The summed E-state index contributed by atoms with van der Waals surface area (Å²) < 4.78 is 63.6. The summed E-state index contributed by atoms with van der Waals surface area (Å²) in [6.45, 7) is 8.61. The summed E-state index contributed by atoms with van der Waals surface area (Å²) in [4.78, 5) is 29.4. The van der Waals surface area contributed by atoms with Crippen molar-refractivity contribution in [2.75, 3.05) is 19.6 Å². The van der Waals surface area contributed by atoms with Crippen LogP contribution in [0.4, 0.5) is 13.2 Å². The fourth-order valence-electron chi connectivity index (χ4n) is 6.58. The molecule has 0 saturated carbocycles. The molecule has 6 rings (SSSR count). The second-order valence-corrected chi connectivity index (χ2v) is 14.4. The molecule has 1 N–H and O–H groups in total. The molecule has 2 bridgehead atoms. The maximum Gasteiger partial charge on any atom is 0.387 e. The number of halogens is 5. The second-order valence-electron chi connectivity index (χ2n) is 13.4. The molecule has 3 aromatic carbocycles. The van der Waals surface area contributed by atoms with Crippen molar-refractivity contribution in [2.24, 2.45) is 5.92 Å². The minimum absolute atomic E-state index is 0.0226. The molecule has 3 saturated heterocycles. The molecular weight excluding hydrogens is 732 g/mol. The SMILES string of the molecule is C=C(Cl)/C(C[C@H](OC(=O)c1ccc(CNC(C(=O)O[C@H]2CN3CCC2CC3)c2ccccc2F)cc1)c1ccc(OC(F)F)c(OC(C)C)c1)=C(\C)Cl. The summed E-state index contributed by atoms with van der Waals surface area (Å²) in [6.07, 6.45) is 0.355. The van der Waals surface area contributed by atoms with Crippen LogP contribution in [0.15, 0.2) is 88.9 Å². The van der Waals surface area contributed by atoms with E-state index in [1.165, 1.54) is 24.3 Å². The van der Waals surface area contributed by atoms with Crippen LogP contribution in [0.2, 0.25) is 0 Å². The monoisotopic (exact) mass is 774 g/mol. The molecule has 3 heterocycles. The van der Waals surface area contributed by atoms with Crippen LogP contribution in [0.25, 0.3) is 0 Å². The fraction of sp³-hybridized carbons (Fsp3) is 0.400. The summed E-state index contributed by atoms with van der Waals surface area (Å²) in [5.74, 6) is -1.61. The van der Waals surface area contributed by atoms with Gasteiger partial charge in [0, 0.05) is 35.1 Å². The van der Waals surface area contributed by atoms with Crippen LogP contribution in [0.1, 0.15) is 79.2 Å². The number of alkyl halides is 2. The van der Waals surface area contributed by atoms with Gasteiger partial charge in [-0.15, -0.1) is 0 Å². The normalized spacial score (nSPS) is 19.7. The van der Waals surface area contributed by atoms with Crippen molar-refractivity contribution in [3.63, 3.8) is 0 Å². The van der Waals surface area contributed by atoms with Gasteiger partial charge in [-0.05, 0) is 99.7 Å². The molecule has 1 unspecified atom stereocenters. The van der Waals surface area contributed by atoms with Crippen molar-refractivity contribution in [3.05, 3.63) is 117 Å². The molecule has 0 radical (unpaired) electrons. The highest BCUT2D eigenvalue weighted by atomic mass is 35.5. The van der Waals surface area contributed by atoms with Crippen LogP contribution < -0.4 is 14.8 Å². The van der Waals surface area contributed by atoms with Gasteiger partial charge >= 0.3 is 18.6 Å². The lowest BCUT2D eigenvalue weighted by molar-refractivity contribution is -0.161. The third-order valence-corrected chi connectivity index (χ3v) is 9.77. The Hall–Kier alpha value is -4.03. The minimum atomic E-state index is -3.08. The Morgan fingerprint density at radius 1 is 0.981 bits per heavy atom. The van der Waals surface area contributed by atoms with Crippen molar-refractivity contribution < 1.29 is 41.7 Å². The van der Waals surface area contributed by atoms with Gasteiger partial charge in [0.15, 0.2) is 11.5 Å². The molecule has 3 fully saturated rings. The Morgan fingerprint density at radius 3 is 2.26 bits per heavy atom. The predicted octanol–water partition coefficient (Wildman–Crippen LogP) is 9.24. The average molecular weight is 776 g/mol. The standard InChI is InChI=1S/C40H43Cl2F3N2O6/c1-23(2)50-35-19-29(13-14-33(35)53-40(44)45)34(20-31(24(3)41)25(4)42)51-38(48)28-11-9-26(10-12-28)21-46-37(30-7-5-6-8-32(30)43)39(49)52-36-22-47-17-15-27(36)16-18-47/h5-14,19,23,27,34,36-37,40,46H,3,15-18,20-22H2,1-2,4H3/b31-25+/t34-,36-,37?/m0/s1. The molecular formula is C40H43Cl2F3N2O6. The first-order chi connectivity index (χ1) is 25.3. The molecule has 0 aromatic heterocycles. The highest BCUT2D eigenvalue weighted by Crippen LogP contribution is 2.38. The number of ether oxygens (including phenoxy) is 4. The number of carbonyl (C=O) groups excluding carboxylic acids is 2. The number of nitrogens with one attached hydrogen (secondary N) is 1. The van der Waals surface area contributed by atoms with Gasteiger partial charge in [-0.1, -0.05) is 66.2 Å². The Balaban J connectivity index is 1.32. The predicted molar refractivity (Wildman–Crippen MR) is 197 cm³/mol. The zero-order valence-corrected chi connectivity index (χ0v) is 31.3. The number of nitrogens with zero attached hydrogens (tertiary/aromatic N) is 1. The van der Waals surface area contributed by atoms with Gasteiger partial charge in [-0.25, -0.2) is 14.0 Å². The van der Waals surface area contributed by atoms with Crippen molar-refractivity contribution in [2.45, 2.75) is 77.5 Å². The van der Waals surface area contributed by atoms with E-state index >= 15 is 0 Å². The smallest absolute Gasteiger partial charge is 0.387 e. The van der Waals surface area contributed by atoms with Crippen molar-refractivity contribution in [3.8, 4) is 11.5 Å². The maximum absolute atomic E-state index is 15.0. The molecule has 0 aliphatic carbocycles. The molecule has 8 nitrogen and oxygen atoms in total. The van der Waals surface area contributed by atoms with Crippen LogP contribution >= 0.6 is 23.2 Å². The maximum atomic E-state index is 15.0. The lowest BCUT2D eigenvalue weighted by atomic mass is 9.86. The number of rotatable bonds is 16. The zero-order chi connectivity index (χ0) is 38.2. The van der Waals surface area contributed by atoms with E-state index in [4.69, 9.17) is 37.4 Å². The van der Waals surface area contributed by atoms with Crippen LogP contribution in [-0.2, 0) is 20.8 Å². The Morgan fingerprint density at radius 2 is 1.68 bits per heavy atom. The van der Waals surface area contributed by atoms with Crippen LogP contribution in [0, 0.1) is 11.7 Å². The summed E-state index contributed by atoms with van der Waals surface area (Å²) in [6, 6.07) is 15.8. The summed E-state index contributed by atoms with van der Waals surface area (Å²) >= 11 is 12.6. The van der Waals surface area contributed by atoms with Gasteiger partial charge in [-0.3, -0.25) is 10.2 Å². The topological polar surface area (TPSA) is 86.3 Å². The zero-order valence-electron chi connectivity index (χ0n) is 29.8. The first-order valence-corrected chi connectivity index (χ1v) is 18.2. The number of hydrogen-bond acceptors (Lipinski definition) is 8. The Bertz CT molecular complexity index is 1790. The number of fused-ring (bicyclic) bond motifs is 3. The van der Waals surface area contributed by atoms with E-state index in [1.807, 2.05) is 0 Å². The van der Waals surface area contributed by atoms with E-state index in [1.54, 1.807) is 63.2 Å². The van der Waals surface area contributed by atoms with E-state index in [9.17, 15) is 22.8 Å². The number of allylic oxidation sites excluding steroid dienone is 2. The lowest BCUT2D eigenvalue weighted by Gasteiger charge is -2.44. The molecule has 3 aliphatic rings. The van der Waals surface area contributed by atoms with E-state index in [-0.39, 0.29) is 52.8 Å². The molecule has 3 aliphatic heterocycles. The Kier molecular flexibility index (Phi) is 13.9.